The smallest absolute Gasteiger partial charge is 0.255 e. The molecule has 0 saturated carbocycles. The molecule has 2 aromatic carbocycles. The van der Waals surface area contributed by atoms with Gasteiger partial charge in [0, 0.05) is 42.0 Å². The van der Waals surface area contributed by atoms with Gasteiger partial charge in [-0.05, 0) is 48.9 Å². The van der Waals surface area contributed by atoms with Gasteiger partial charge in [-0.3, -0.25) is 9.48 Å². The zero-order valence-electron chi connectivity index (χ0n) is 14.9. The minimum absolute atomic E-state index is 0.257. The van der Waals surface area contributed by atoms with Gasteiger partial charge in [-0.1, -0.05) is 0 Å². The highest BCUT2D eigenvalue weighted by atomic mass is 16.1. The average molecular weight is 358 g/mol. The van der Waals surface area contributed by atoms with Crippen LogP contribution in [0.1, 0.15) is 27.0 Å². The lowest BCUT2D eigenvalue weighted by Crippen LogP contribution is -2.13. The highest BCUT2D eigenvalue weighted by molar-refractivity contribution is 6.06. The minimum Gasteiger partial charge on any atom is -0.352 e. The highest BCUT2D eigenvalue weighted by Crippen LogP contribution is 2.24. The van der Waals surface area contributed by atoms with Crippen LogP contribution < -0.4 is 10.6 Å². The molecule has 0 spiro atoms. The highest BCUT2D eigenvalue weighted by Gasteiger charge is 2.11. The van der Waals surface area contributed by atoms with Crippen LogP contribution in [0.5, 0.6) is 0 Å². The van der Waals surface area contributed by atoms with Crippen molar-refractivity contribution in [1.29, 1.82) is 10.7 Å². The normalized spacial score (nSPS) is 10.1. The fourth-order valence-electron chi connectivity index (χ4n) is 2.70. The van der Waals surface area contributed by atoms with Crippen molar-refractivity contribution in [3.05, 3.63) is 71.0 Å². The monoisotopic (exact) mass is 358 g/mol. The molecule has 3 N–H and O–H groups in total. The van der Waals surface area contributed by atoms with E-state index in [9.17, 15) is 4.79 Å². The van der Waals surface area contributed by atoms with Crippen LogP contribution in [0, 0.1) is 23.7 Å². The van der Waals surface area contributed by atoms with Gasteiger partial charge in [-0.25, -0.2) is 0 Å². The zero-order chi connectivity index (χ0) is 19.4. The molecule has 0 atom stereocenters. The van der Waals surface area contributed by atoms with Gasteiger partial charge in [0.15, 0.2) is 0 Å². The summed E-state index contributed by atoms with van der Waals surface area (Å²) in [4.78, 5) is 12.6. The predicted octanol–water partition coefficient (Wildman–Crippen LogP) is 3.59. The van der Waals surface area contributed by atoms with Crippen molar-refractivity contribution in [2.24, 2.45) is 7.05 Å². The molecule has 0 bridgehead atoms. The van der Waals surface area contributed by atoms with Gasteiger partial charge in [-0.15, -0.1) is 0 Å². The lowest BCUT2D eigenvalue weighted by molar-refractivity contribution is 0.102. The van der Waals surface area contributed by atoms with E-state index in [0.29, 0.717) is 28.1 Å². The molecule has 27 heavy (non-hydrogen) atoms. The molecular formula is C20H18N6O. The number of nitrogens with zero attached hydrogens (tertiary/aromatic N) is 3. The van der Waals surface area contributed by atoms with E-state index in [-0.39, 0.29) is 5.91 Å². The molecule has 134 valence electrons. The van der Waals surface area contributed by atoms with Gasteiger partial charge >= 0.3 is 0 Å². The second kappa shape index (κ2) is 7.54. The molecular weight excluding hydrogens is 340 g/mol. The Morgan fingerprint density at radius 1 is 1.26 bits per heavy atom. The first-order chi connectivity index (χ1) is 13.0. The fraction of sp³-hybridized carbons (Fsp3) is 0.100. The molecule has 0 saturated heterocycles. The van der Waals surface area contributed by atoms with Crippen LogP contribution >= 0.6 is 0 Å². The summed E-state index contributed by atoms with van der Waals surface area (Å²) in [5, 5.41) is 26.7. The lowest BCUT2D eigenvalue weighted by atomic mass is 10.0. The number of carbonyl (C=O) groups is 1. The van der Waals surface area contributed by atoms with Crippen molar-refractivity contribution >= 4 is 29.2 Å². The summed E-state index contributed by atoms with van der Waals surface area (Å²) in [6.07, 6.45) is 4.74. The van der Waals surface area contributed by atoms with Gasteiger partial charge in [0.1, 0.15) is 0 Å². The molecule has 0 aliphatic rings. The maximum atomic E-state index is 12.6. The number of hydrogen-bond acceptors (Lipinski definition) is 5. The van der Waals surface area contributed by atoms with Gasteiger partial charge in [-0.2, -0.15) is 10.4 Å². The number of anilines is 3. The van der Waals surface area contributed by atoms with E-state index in [1.165, 1.54) is 6.21 Å². The zero-order valence-corrected chi connectivity index (χ0v) is 14.9. The van der Waals surface area contributed by atoms with Crippen LogP contribution in [0.4, 0.5) is 17.1 Å². The molecule has 0 aliphatic carbocycles. The number of aromatic nitrogens is 2. The Labute approximate surface area is 156 Å². The minimum atomic E-state index is -0.257. The number of amides is 1. The largest absolute Gasteiger partial charge is 0.352 e. The summed E-state index contributed by atoms with van der Waals surface area (Å²) >= 11 is 0. The van der Waals surface area contributed by atoms with Crippen LogP contribution in [0.2, 0.25) is 0 Å². The van der Waals surface area contributed by atoms with Crippen molar-refractivity contribution in [2.45, 2.75) is 6.92 Å². The van der Waals surface area contributed by atoms with Crippen molar-refractivity contribution in [1.82, 2.24) is 9.78 Å². The molecule has 0 fully saturated rings. The third-order valence-corrected chi connectivity index (χ3v) is 4.05. The first-order valence-corrected chi connectivity index (χ1v) is 8.22. The Balaban J connectivity index is 1.84. The average Bonchev–Trinajstić information content (AvgIpc) is 3.06. The summed E-state index contributed by atoms with van der Waals surface area (Å²) in [5.41, 5.74) is 4.51. The maximum Gasteiger partial charge on any atom is 0.255 e. The van der Waals surface area contributed by atoms with Gasteiger partial charge in [0.2, 0.25) is 0 Å². The van der Waals surface area contributed by atoms with E-state index >= 15 is 0 Å². The van der Waals surface area contributed by atoms with E-state index in [4.69, 9.17) is 10.7 Å². The van der Waals surface area contributed by atoms with Crippen LogP contribution in [0.3, 0.4) is 0 Å². The third-order valence-electron chi connectivity index (χ3n) is 4.05. The summed E-state index contributed by atoms with van der Waals surface area (Å²) in [7, 11) is 1.82. The first kappa shape index (κ1) is 17.9. The van der Waals surface area contributed by atoms with E-state index in [0.717, 1.165) is 11.3 Å². The molecule has 1 heterocycles. The molecule has 0 aliphatic heterocycles. The topological polar surface area (TPSA) is 107 Å². The number of nitriles is 1. The van der Waals surface area contributed by atoms with Crippen molar-refractivity contribution in [2.75, 3.05) is 10.6 Å². The Bertz CT molecular complexity index is 1060. The maximum absolute atomic E-state index is 12.6. The summed E-state index contributed by atoms with van der Waals surface area (Å²) < 4.78 is 1.67. The number of aryl methyl sites for hydroxylation is 2. The van der Waals surface area contributed by atoms with E-state index < -0.39 is 0 Å². The van der Waals surface area contributed by atoms with Crippen molar-refractivity contribution in [3.63, 3.8) is 0 Å². The molecule has 0 unspecified atom stereocenters. The predicted molar refractivity (Wildman–Crippen MR) is 105 cm³/mol. The summed E-state index contributed by atoms with van der Waals surface area (Å²) in [6, 6.07) is 12.3. The van der Waals surface area contributed by atoms with Crippen molar-refractivity contribution in [3.8, 4) is 6.07 Å². The molecule has 7 heteroatoms. The second-order valence-electron chi connectivity index (χ2n) is 6.07. The van der Waals surface area contributed by atoms with Gasteiger partial charge in [0.05, 0.1) is 23.5 Å². The summed E-state index contributed by atoms with van der Waals surface area (Å²) in [6.45, 7) is 1.79. The number of rotatable bonds is 5. The number of nitrogens with one attached hydrogen (secondary N) is 3. The van der Waals surface area contributed by atoms with Crippen molar-refractivity contribution < 1.29 is 4.79 Å². The molecule has 0 radical (unpaired) electrons. The standard InChI is InChI=1S/C20H18N6O/c1-13-7-14(9-21)3-6-18(13)20(27)25-16-5-4-15(10-22)19(8-16)24-17-11-23-26(2)12-17/h3-8,10-12,22,24H,1-2H3,(H,25,27). The third kappa shape index (κ3) is 4.02. The van der Waals surface area contributed by atoms with E-state index in [1.807, 2.05) is 13.2 Å². The number of hydrogen-bond donors (Lipinski definition) is 3. The molecule has 3 rings (SSSR count). The quantitative estimate of drug-likeness (QED) is 0.606. The first-order valence-electron chi connectivity index (χ1n) is 8.22. The van der Waals surface area contributed by atoms with E-state index in [1.54, 1.807) is 54.2 Å². The Morgan fingerprint density at radius 3 is 2.70 bits per heavy atom. The van der Waals surface area contributed by atoms with Crippen LogP contribution in [-0.4, -0.2) is 21.9 Å². The van der Waals surface area contributed by atoms with Gasteiger partial charge in [0.25, 0.3) is 5.91 Å². The van der Waals surface area contributed by atoms with Crippen LogP contribution in [-0.2, 0) is 7.05 Å². The van der Waals surface area contributed by atoms with Crippen LogP contribution in [0.15, 0.2) is 48.8 Å². The Hall–Kier alpha value is -3.92. The fourth-order valence-corrected chi connectivity index (χ4v) is 2.70. The Morgan fingerprint density at radius 2 is 2.07 bits per heavy atom. The second-order valence-corrected chi connectivity index (χ2v) is 6.07. The molecule has 7 nitrogen and oxygen atoms in total. The SMILES string of the molecule is Cc1cc(C#N)ccc1C(=O)Nc1ccc(C=N)c(Nc2cnn(C)c2)c1. The van der Waals surface area contributed by atoms with Crippen LogP contribution in [0.25, 0.3) is 0 Å². The van der Waals surface area contributed by atoms with Gasteiger partial charge < -0.3 is 16.0 Å². The molecule has 1 aromatic heterocycles. The Kier molecular flexibility index (Phi) is 4.99. The number of benzene rings is 2. The van der Waals surface area contributed by atoms with E-state index in [2.05, 4.69) is 21.8 Å². The molecule has 1 amide bonds. The number of carbonyl (C=O) groups excluding carboxylic acids is 1. The summed E-state index contributed by atoms with van der Waals surface area (Å²) in [5.74, 6) is -0.257. The molecule has 3 aromatic rings. The lowest BCUT2D eigenvalue weighted by Gasteiger charge is -2.12.